The van der Waals surface area contributed by atoms with Crippen LogP contribution in [0.2, 0.25) is 0 Å². The standard InChI is InChI=1S/C6H13NO4/c1-5(10)7-2-6(11,3-8)4-9/h8-9,11H,2-4H2,1H3,(H,7,10). The lowest BCUT2D eigenvalue weighted by molar-refractivity contribution is -0.121. The molecule has 66 valence electrons. The summed E-state index contributed by atoms with van der Waals surface area (Å²) in [5.74, 6) is -0.315. The van der Waals surface area contributed by atoms with Crippen molar-refractivity contribution in [1.29, 1.82) is 0 Å². The van der Waals surface area contributed by atoms with Gasteiger partial charge in [-0.3, -0.25) is 4.79 Å². The van der Waals surface area contributed by atoms with Crippen molar-refractivity contribution in [3.63, 3.8) is 0 Å². The van der Waals surface area contributed by atoms with Gasteiger partial charge in [-0.15, -0.1) is 0 Å². The van der Waals surface area contributed by atoms with E-state index in [0.717, 1.165) is 0 Å². The van der Waals surface area contributed by atoms with Gasteiger partial charge in [-0.2, -0.15) is 0 Å². The highest BCUT2D eigenvalue weighted by atomic mass is 16.4. The van der Waals surface area contributed by atoms with Crippen molar-refractivity contribution < 1.29 is 20.1 Å². The molecule has 0 rings (SSSR count). The summed E-state index contributed by atoms with van der Waals surface area (Å²) < 4.78 is 0. The van der Waals surface area contributed by atoms with Crippen molar-refractivity contribution in [3.05, 3.63) is 0 Å². The molecule has 0 aromatic rings. The van der Waals surface area contributed by atoms with Gasteiger partial charge in [-0.1, -0.05) is 0 Å². The van der Waals surface area contributed by atoms with Crippen LogP contribution in [-0.2, 0) is 4.79 Å². The quantitative estimate of drug-likeness (QED) is 0.380. The number of aliphatic hydroxyl groups is 3. The van der Waals surface area contributed by atoms with E-state index in [1.165, 1.54) is 6.92 Å². The maximum atomic E-state index is 10.3. The summed E-state index contributed by atoms with van der Waals surface area (Å²) in [4.78, 5) is 10.3. The molecule has 4 N–H and O–H groups in total. The van der Waals surface area contributed by atoms with Crippen LogP contribution in [0.5, 0.6) is 0 Å². The van der Waals surface area contributed by atoms with Crippen LogP contribution in [0.1, 0.15) is 6.92 Å². The number of rotatable bonds is 4. The third-order valence-corrected chi connectivity index (χ3v) is 1.26. The molecule has 0 aromatic heterocycles. The molecule has 5 nitrogen and oxygen atoms in total. The Hall–Kier alpha value is -0.650. The molecule has 0 aliphatic heterocycles. The molecule has 1 amide bonds. The number of amides is 1. The summed E-state index contributed by atoms with van der Waals surface area (Å²) in [7, 11) is 0. The van der Waals surface area contributed by atoms with Crippen LogP contribution in [-0.4, -0.2) is 46.6 Å². The van der Waals surface area contributed by atoms with E-state index in [1.807, 2.05) is 0 Å². The highest BCUT2D eigenvalue weighted by Gasteiger charge is 2.24. The van der Waals surface area contributed by atoms with Gasteiger partial charge in [0.05, 0.1) is 19.8 Å². The minimum Gasteiger partial charge on any atom is -0.393 e. The molecular formula is C6H13NO4. The van der Waals surface area contributed by atoms with Gasteiger partial charge in [0.1, 0.15) is 5.60 Å². The lowest BCUT2D eigenvalue weighted by Gasteiger charge is -2.22. The molecule has 0 atom stereocenters. The second kappa shape index (κ2) is 4.27. The largest absolute Gasteiger partial charge is 0.393 e. The molecule has 0 radical (unpaired) electrons. The van der Waals surface area contributed by atoms with Gasteiger partial charge in [0.25, 0.3) is 0 Å². The van der Waals surface area contributed by atoms with Crippen LogP contribution in [0.25, 0.3) is 0 Å². The van der Waals surface area contributed by atoms with E-state index in [9.17, 15) is 4.79 Å². The van der Waals surface area contributed by atoms with E-state index < -0.39 is 18.8 Å². The predicted molar refractivity (Wildman–Crippen MR) is 37.8 cm³/mol. The average molecular weight is 163 g/mol. The van der Waals surface area contributed by atoms with Gasteiger partial charge < -0.3 is 20.6 Å². The van der Waals surface area contributed by atoms with Crippen molar-refractivity contribution in [2.45, 2.75) is 12.5 Å². The lowest BCUT2D eigenvalue weighted by atomic mass is 10.1. The van der Waals surface area contributed by atoms with Crippen LogP contribution in [0.3, 0.4) is 0 Å². The van der Waals surface area contributed by atoms with Crippen molar-refractivity contribution in [1.82, 2.24) is 5.32 Å². The zero-order chi connectivity index (χ0) is 8.91. The van der Waals surface area contributed by atoms with Crippen LogP contribution >= 0.6 is 0 Å². The van der Waals surface area contributed by atoms with Crippen molar-refractivity contribution in [2.24, 2.45) is 0 Å². The van der Waals surface area contributed by atoms with Crippen LogP contribution in [0.4, 0.5) is 0 Å². The predicted octanol–water partition coefficient (Wildman–Crippen LogP) is -2.16. The topological polar surface area (TPSA) is 89.8 Å². The van der Waals surface area contributed by atoms with Crippen LogP contribution in [0, 0.1) is 0 Å². The van der Waals surface area contributed by atoms with Gasteiger partial charge in [-0.25, -0.2) is 0 Å². The Morgan fingerprint density at radius 1 is 1.45 bits per heavy atom. The van der Waals surface area contributed by atoms with E-state index in [4.69, 9.17) is 15.3 Å². The molecule has 5 heteroatoms. The number of hydrogen-bond donors (Lipinski definition) is 4. The maximum absolute atomic E-state index is 10.3. The Labute approximate surface area is 64.7 Å². The first-order chi connectivity index (χ1) is 5.04. The molecule has 0 aliphatic rings. The first kappa shape index (κ1) is 10.3. The molecule has 0 aromatic carbocycles. The minimum absolute atomic E-state index is 0.144. The zero-order valence-corrected chi connectivity index (χ0v) is 6.37. The molecule has 0 saturated heterocycles. The molecule has 0 bridgehead atoms. The van der Waals surface area contributed by atoms with E-state index in [2.05, 4.69) is 5.32 Å². The molecule has 0 unspecified atom stereocenters. The zero-order valence-electron chi connectivity index (χ0n) is 6.37. The smallest absolute Gasteiger partial charge is 0.216 e. The fourth-order valence-electron chi connectivity index (χ4n) is 0.451. The third kappa shape index (κ3) is 3.92. The molecule has 0 aliphatic carbocycles. The highest BCUT2D eigenvalue weighted by Crippen LogP contribution is 1.98. The van der Waals surface area contributed by atoms with Gasteiger partial charge in [0.15, 0.2) is 0 Å². The average Bonchev–Trinajstić information content (AvgIpc) is 2.00. The molecule has 0 saturated carbocycles. The lowest BCUT2D eigenvalue weighted by Crippen LogP contribution is -2.48. The monoisotopic (exact) mass is 163 g/mol. The number of hydrogen-bond acceptors (Lipinski definition) is 4. The van der Waals surface area contributed by atoms with E-state index in [1.54, 1.807) is 0 Å². The van der Waals surface area contributed by atoms with Gasteiger partial charge in [-0.05, 0) is 0 Å². The summed E-state index contributed by atoms with van der Waals surface area (Å²) in [6.45, 7) is -0.0158. The molecule has 0 heterocycles. The van der Waals surface area contributed by atoms with Gasteiger partial charge in [0, 0.05) is 6.92 Å². The SMILES string of the molecule is CC(=O)NCC(O)(CO)CO. The third-order valence-electron chi connectivity index (χ3n) is 1.26. The fourth-order valence-corrected chi connectivity index (χ4v) is 0.451. The van der Waals surface area contributed by atoms with E-state index in [-0.39, 0.29) is 12.5 Å². The first-order valence-electron chi connectivity index (χ1n) is 3.22. The fraction of sp³-hybridized carbons (Fsp3) is 0.833. The molecule has 0 spiro atoms. The van der Waals surface area contributed by atoms with Crippen molar-refractivity contribution >= 4 is 5.91 Å². The maximum Gasteiger partial charge on any atom is 0.216 e. The first-order valence-corrected chi connectivity index (χ1v) is 3.22. The number of aliphatic hydroxyl groups excluding tert-OH is 2. The Balaban J connectivity index is 3.78. The number of carbonyl (C=O) groups is 1. The number of carbonyl (C=O) groups excluding carboxylic acids is 1. The summed E-state index contributed by atoms with van der Waals surface area (Å²) in [5.41, 5.74) is -1.61. The van der Waals surface area contributed by atoms with E-state index in [0.29, 0.717) is 0 Å². The number of nitrogens with one attached hydrogen (secondary N) is 1. The molecule has 11 heavy (non-hydrogen) atoms. The summed E-state index contributed by atoms with van der Waals surface area (Å²) >= 11 is 0. The van der Waals surface area contributed by atoms with Crippen LogP contribution in [0.15, 0.2) is 0 Å². The Morgan fingerprint density at radius 2 is 1.91 bits per heavy atom. The summed E-state index contributed by atoms with van der Waals surface area (Å²) in [5, 5.41) is 28.5. The van der Waals surface area contributed by atoms with Gasteiger partial charge >= 0.3 is 0 Å². The van der Waals surface area contributed by atoms with Crippen molar-refractivity contribution in [2.75, 3.05) is 19.8 Å². The molecular weight excluding hydrogens is 150 g/mol. The molecule has 0 fully saturated rings. The van der Waals surface area contributed by atoms with Gasteiger partial charge in [0.2, 0.25) is 5.91 Å². The summed E-state index contributed by atoms with van der Waals surface area (Å²) in [6, 6.07) is 0. The van der Waals surface area contributed by atoms with Crippen molar-refractivity contribution in [3.8, 4) is 0 Å². The Kier molecular flexibility index (Phi) is 4.02. The van der Waals surface area contributed by atoms with Crippen LogP contribution < -0.4 is 5.32 Å². The summed E-state index contributed by atoms with van der Waals surface area (Å²) in [6.07, 6.45) is 0. The normalized spacial score (nSPS) is 11.3. The Morgan fingerprint density at radius 3 is 2.18 bits per heavy atom. The Bertz CT molecular complexity index is 133. The highest BCUT2D eigenvalue weighted by molar-refractivity contribution is 5.72. The minimum atomic E-state index is -1.61. The second-order valence-electron chi connectivity index (χ2n) is 2.45. The second-order valence-corrected chi connectivity index (χ2v) is 2.45. The van der Waals surface area contributed by atoms with E-state index >= 15 is 0 Å².